The zero-order valence-corrected chi connectivity index (χ0v) is 14.8. The number of sulfonamides is 1. The molecule has 0 aromatic heterocycles. The van der Waals surface area contributed by atoms with Crippen molar-refractivity contribution in [1.82, 2.24) is 14.9 Å². The molecule has 0 aliphatic rings. The van der Waals surface area contributed by atoms with Crippen LogP contribution in [0.1, 0.15) is 46.5 Å². The number of guanidine groups is 1. The fraction of sp³-hybridized carbons (Fsp3) is 0.929. The molecule has 0 aliphatic carbocycles. The molecular weight excluding hydrogens is 288 g/mol. The largest absolute Gasteiger partial charge is 0.356 e. The van der Waals surface area contributed by atoms with Crippen molar-refractivity contribution in [3.8, 4) is 0 Å². The van der Waals surface area contributed by atoms with E-state index in [1.807, 2.05) is 13.8 Å². The molecule has 0 spiro atoms. The van der Waals surface area contributed by atoms with Crippen LogP contribution in [0.2, 0.25) is 0 Å². The summed E-state index contributed by atoms with van der Waals surface area (Å²) in [6.45, 7) is 8.16. The quantitative estimate of drug-likeness (QED) is 0.343. The third kappa shape index (κ3) is 8.93. The molecule has 0 aromatic carbocycles. The Bertz CT molecular complexity index is 378. The smallest absolute Gasteiger partial charge is 0.215 e. The van der Waals surface area contributed by atoms with Crippen LogP contribution in [-0.4, -0.2) is 57.7 Å². The van der Waals surface area contributed by atoms with Crippen LogP contribution in [0.25, 0.3) is 0 Å². The van der Waals surface area contributed by atoms with Gasteiger partial charge < -0.3 is 10.6 Å². The molecule has 0 atom stereocenters. The van der Waals surface area contributed by atoms with Crippen LogP contribution >= 0.6 is 0 Å². The number of aliphatic imine (C=N–C) groups is 1. The van der Waals surface area contributed by atoms with Crippen molar-refractivity contribution in [3.63, 3.8) is 0 Å². The number of unbranched alkanes of at least 4 members (excludes halogenated alkanes) is 3. The van der Waals surface area contributed by atoms with Gasteiger partial charge in [-0.2, -0.15) is 0 Å². The van der Waals surface area contributed by atoms with Crippen LogP contribution in [0.3, 0.4) is 0 Å². The summed E-state index contributed by atoms with van der Waals surface area (Å²) in [5.41, 5.74) is 0. The van der Waals surface area contributed by atoms with Crippen LogP contribution < -0.4 is 10.6 Å². The first-order valence-electron chi connectivity index (χ1n) is 7.94. The predicted octanol–water partition coefficient (Wildman–Crippen LogP) is 1.40. The van der Waals surface area contributed by atoms with Crippen LogP contribution in [-0.2, 0) is 10.0 Å². The van der Waals surface area contributed by atoms with Crippen molar-refractivity contribution in [3.05, 3.63) is 0 Å². The highest BCUT2D eigenvalue weighted by Crippen LogP contribution is 1.99. The lowest BCUT2D eigenvalue weighted by Crippen LogP contribution is -2.42. The van der Waals surface area contributed by atoms with Gasteiger partial charge in [0.1, 0.15) is 0 Å². The SMILES string of the molecule is CCCCCCNC(=NC)NCCS(=O)(=O)N(CC)CC. The van der Waals surface area contributed by atoms with E-state index in [9.17, 15) is 8.42 Å². The fourth-order valence-electron chi connectivity index (χ4n) is 2.02. The summed E-state index contributed by atoms with van der Waals surface area (Å²) in [6, 6.07) is 0. The van der Waals surface area contributed by atoms with Crippen LogP contribution in [0, 0.1) is 0 Å². The molecular formula is C14H32N4O2S. The third-order valence-corrected chi connectivity index (χ3v) is 5.32. The second-order valence-electron chi connectivity index (χ2n) is 4.89. The molecule has 0 bridgehead atoms. The van der Waals surface area contributed by atoms with Gasteiger partial charge in [-0.15, -0.1) is 0 Å². The maximum atomic E-state index is 12.0. The van der Waals surface area contributed by atoms with E-state index in [1.165, 1.54) is 23.6 Å². The molecule has 0 unspecified atom stereocenters. The standard InChI is InChI=1S/C14H32N4O2S/c1-5-8-9-10-11-16-14(15-4)17-12-13-21(19,20)18(6-2)7-3/h5-13H2,1-4H3,(H2,15,16,17). The van der Waals surface area contributed by atoms with Gasteiger partial charge in [0.15, 0.2) is 5.96 Å². The molecule has 0 fully saturated rings. The van der Waals surface area contributed by atoms with Gasteiger partial charge >= 0.3 is 0 Å². The van der Waals surface area contributed by atoms with E-state index in [-0.39, 0.29) is 5.75 Å². The van der Waals surface area contributed by atoms with Crippen LogP contribution in [0.15, 0.2) is 4.99 Å². The maximum Gasteiger partial charge on any atom is 0.215 e. The average molecular weight is 321 g/mol. The molecule has 0 rings (SSSR count). The summed E-state index contributed by atoms with van der Waals surface area (Å²) in [6.07, 6.45) is 4.77. The molecule has 0 saturated carbocycles. The van der Waals surface area contributed by atoms with Crippen molar-refractivity contribution >= 4 is 16.0 Å². The second kappa shape index (κ2) is 11.8. The topological polar surface area (TPSA) is 73.8 Å². The van der Waals surface area contributed by atoms with Gasteiger partial charge in [0.25, 0.3) is 0 Å². The molecule has 0 radical (unpaired) electrons. The van der Waals surface area contributed by atoms with Gasteiger partial charge in [-0.05, 0) is 6.42 Å². The Kier molecular flexibility index (Phi) is 11.3. The second-order valence-corrected chi connectivity index (χ2v) is 6.98. The number of hydrogen-bond acceptors (Lipinski definition) is 3. The zero-order chi connectivity index (χ0) is 16.1. The van der Waals surface area contributed by atoms with E-state index in [1.54, 1.807) is 7.05 Å². The molecule has 0 aromatic rings. The monoisotopic (exact) mass is 320 g/mol. The van der Waals surface area contributed by atoms with Gasteiger partial charge in [-0.1, -0.05) is 40.0 Å². The molecule has 0 saturated heterocycles. The lowest BCUT2D eigenvalue weighted by molar-refractivity contribution is 0.445. The number of nitrogens with zero attached hydrogens (tertiary/aromatic N) is 2. The summed E-state index contributed by atoms with van der Waals surface area (Å²) in [5.74, 6) is 0.756. The van der Waals surface area contributed by atoms with E-state index in [0.29, 0.717) is 25.6 Å². The highest BCUT2D eigenvalue weighted by atomic mass is 32.2. The van der Waals surface area contributed by atoms with Gasteiger partial charge in [0.2, 0.25) is 10.0 Å². The van der Waals surface area contributed by atoms with Gasteiger partial charge in [-0.25, -0.2) is 12.7 Å². The first-order chi connectivity index (χ1) is 10.0. The summed E-state index contributed by atoms with van der Waals surface area (Å²) in [7, 11) is -1.48. The molecule has 7 heteroatoms. The van der Waals surface area contributed by atoms with Crippen molar-refractivity contribution in [2.75, 3.05) is 39.0 Å². The van der Waals surface area contributed by atoms with Gasteiger partial charge in [0.05, 0.1) is 5.75 Å². The number of rotatable bonds is 11. The van der Waals surface area contributed by atoms with E-state index >= 15 is 0 Å². The van der Waals surface area contributed by atoms with Crippen LogP contribution in [0.4, 0.5) is 0 Å². The minimum Gasteiger partial charge on any atom is -0.356 e. The molecule has 0 heterocycles. The van der Waals surface area contributed by atoms with Gasteiger partial charge in [0, 0.05) is 33.2 Å². The Balaban J connectivity index is 4.02. The first kappa shape index (κ1) is 20.2. The lowest BCUT2D eigenvalue weighted by atomic mass is 10.2. The average Bonchev–Trinajstić information content (AvgIpc) is 2.46. The molecule has 6 nitrogen and oxygen atoms in total. The molecule has 0 aliphatic heterocycles. The fourth-order valence-corrected chi connectivity index (χ4v) is 3.43. The minimum atomic E-state index is -3.17. The van der Waals surface area contributed by atoms with Crippen LogP contribution in [0.5, 0.6) is 0 Å². The maximum absolute atomic E-state index is 12.0. The Morgan fingerprint density at radius 3 is 2.14 bits per heavy atom. The van der Waals surface area contributed by atoms with E-state index in [2.05, 4.69) is 22.5 Å². The molecule has 0 amide bonds. The van der Waals surface area contributed by atoms with Crippen molar-refractivity contribution in [2.45, 2.75) is 46.5 Å². The van der Waals surface area contributed by atoms with Gasteiger partial charge in [-0.3, -0.25) is 4.99 Å². The van der Waals surface area contributed by atoms with Crippen molar-refractivity contribution < 1.29 is 8.42 Å². The summed E-state index contributed by atoms with van der Waals surface area (Å²) in [5, 5.41) is 6.25. The Morgan fingerprint density at radius 1 is 1.00 bits per heavy atom. The molecule has 2 N–H and O–H groups in total. The Labute approximate surface area is 130 Å². The summed E-state index contributed by atoms with van der Waals surface area (Å²) in [4.78, 5) is 4.10. The van der Waals surface area contributed by atoms with E-state index in [4.69, 9.17) is 0 Å². The minimum absolute atomic E-state index is 0.0885. The van der Waals surface area contributed by atoms with E-state index < -0.39 is 10.0 Å². The predicted molar refractivity (Wildman–Crippen MR) is 90.2 cm³/mol. The highest BCUT2D eigenvalue weighted by molar-refractivity contribution is 7.89. The Hall–Kier alpha value is -0.820. The summed E-state index contributed by atoms with van der Waals surface area (Å²) < 4.78 is 25.5. The highest BCUT2D eigenvalue weighted by Gasteiger charge is 2.18. The first-order valence-corrected chi connectivity index (χ1v) is 9.55. The van der Waals surface area contributed by atoms with Crippen molar-refractivity contribution in [1.29, 1.82) is 0 Å². The number of nitrogens with one attached hydrogen (secondary N) is 2. The van der Waals surface area contributed by atoms with E-state index in [0.717, 1.165) is 13.0 Å². The zero-order valence-electron chi connectivity index (χ0n) is 14.0. The lowest BCUT2D eigenvalue weighted by Gasteiger charge is -2.19. The molecule has 21 heavy (non-hydrogen) atoms. The Morgan fingerprint density at radius 2 is 1.62 bits per heavy atom. The summed E-state index contributed by atoms with van der Waals surface area (Å²) >= 11 is 0. The normalized spacial score (nSPS) is 12.7. The third-order valence-electron chi connectivity index (χ3n) is 3.30. The molecule has 126 valence electrons. The number of hydrogen-bond donors (Lipinski definition) is 2. The van der Waals surface area contributed by atoms with Crippen molar-refractivity contribution in [2.24, 2.45) is 4.99 Å².